The molecule has 2 heterocycles. The first kappa shape index (κ1) is 17.4. The number of nitrogens with one attached hydrogen (secondary N) is 2. The predicted octanol–water partition coefficient (Wildman–Crippen LogP) is 3.60. The van der Waals surface area contributed by atoms with E-state index in [0.717, 1.165) is 32.1 Å². The third-order valence-electron chi connectivity index (χ3n) is 6.24. The minimum Gasteiger partial charge on any atom is -0.390 e. The molecule has 0 spiro atoms. The monoisotopic (exact) mass is 404 g/mol. The van der Waals surface area contributed by atoms with E-state index in [2.05, 4.69) is 20.6 Å². The van der Waals surface area contributed by atoms with Crippen molar-refractivity contribution >= 4 is 39.8 Å². The van der Waals surface area contributed by atoms with Gasteiger partial charge in [-0.05, 0) is 62.0 Å². The Hall–Kier alpha value is -1.70. The molecule has 6 nitrogen and oxygen atoms in total. The smallest absolute Gasteiger partial charge is 0.271 e. The number of carbonyl (C=O) groups excluding carboxylic acids is 1. The van der Waals surface area contributed by atoms with Crippen LogP contribution in [0.4, 0.5) is 10.9 Å². The lowest BCUT2D eigenvalue weighted by atomic mass is 9.52. The zero-order chi connectivity index (χ0) is 18.6. The number of hydrogen-bond donors (Lipinski definition) is 3. The minimum atomic E-state index is -0.485. The molecule has 0 aliphatic heterocycles. The summed E-state index contributed by atoms with van der Waals surface area (Å²) in [6.07, 6.45) is 6.38. The van der Waals surface area contributed by atoms with Crippen molar-refractivity contribution in [2.75, 3.05) is 5.32 Å². The highest BCUT2D eigenvalue weighted by molar-refractivity contribution is 7.14. The van der Waals surface area contributed by atoms with Gasteiger partial charge in [0.1, 0.15) is 11.5 Å². The highest BCUT2D eigenvalue weighted by atomic mass is 35.5. The molecule has 2 aromatic rings. The molecular formula is C19H21ClN4O2S. The zero-order valence-corrected chi connectivity index (χ0v) is 16.3. The molecule has 4 fully saturated rings. The third-order valence-corrected chi connectivity index (χ3v) is 7.22. The summed E-state index contributed by atoms with van der Waals surface area (Å²) in [5, 5.41) is 19.9. The maximum absolute atomic E-state index is 12.7. The van der Waals surface area contributed by atoms with Gasteiger partial charge >= 0.3 is 0 Å². The fourth-order valence-corrected chi connectivity index (χ4v) is 6.25. The van der Waals surface area contributed by atoms with Crippen molar-refractivity contribution in [3.8, 4) is 0 Å². The maximum atomic E-state index is 12.7. The van der Waals surface area contributed by atoms with Crippen LogP contribution in [0.5, 0.6) is 0 Å². The largest absolute Gasteiger partial charge is 0.390 e. The molecule has 0 radical (unpaired) electrons. The fourth-order valence-electron chi connectivity index (χ4n) is 5.44. The summed E-state index contributed by atoms with van der Waals surface area (Å²) in [6, 6.07) is 3.67. The van der Waals surface area contributed by atoms with Crippen LogP contribution in [0, 0.1) is 17.8 Å². The summed E-state index contributed by atoms with van der Waals surface area (Å²) in [5.74, 6) is 1.91. The Labute approximate surface area is 166 Å². The van der Waals surface area contributed by atoms with E-state index in [4.69, 9.17) is 11.6 Å². The molecule has 142 valence electrons. The molecule has 27 heavy (non-hydrogen) atoms. The van der Waals surface area contributed by atoms with Gasteiger partial charge in [-0.15, -0.1) is 11.3 Å². The quantitative estimate of drug-likeness (QED) is 0.724. The SMILES string of the molecule is O=C(NC1C2CC3CC1CC(O)(C3)C2)c1csc(Nc2ccc(Cl)cn2)n1. The summed E-state index contributed by atoms with van der Waals surface area (Å²) >= 11 is 7.21. The van der Waals surface area contributed by atoms with Gasteiger partial charge in [0.2, 0.25) is 0 Å². The number of anilines is 2. The first-order valence-corrected chi connectivity index (χ1v) is 10.6. The van der Waals surface area contributed by atoms with E-state index >= 15 is 0 Å². The molecule has 4 bridgehead atoms. The van der Waals surface area contributed by atoms with Crippen molar-refractivity contribution < 1.29 is 9.90 Å². The molecule has 4 aliphatic rings. The van der Waals surface area contributed by atoms with Crippen molar-refractivity contribution in [1.29, 1.82) is 0 Å². The van der Waals surface area contributed by atoms with Gasteiger partial charge in [0.15, 0.2) is 5.13 Å². The summed E-state index contributed by atoms with van der Waals surface area (Å²) in [6.45, 7) is 0. The second-order valence-electron chi connectivity index (χ2n) is 8.22. The lowest BCUT2D eigenvalue weighted by Gasteiger charge is -2.58. The number of pyridine rings is 1. The normalized spacial score (nSPS) is 33.9. The average Bonchev–Trinajstić information content (AvgIpc) is 3.07. The number of rotatable bonds is 4. The number of amides is 1. The maximum Gasteiger partial charge on any atom is 0.271 e. The molecule has 3 N–H and O–H groups in total. The number of aromatic nitrogens is 2. The highest BCUT2D eigenvalue weighted by Gasteiger charge is 2.55. The molecule has 0 aromatic carbocycles. The van der Waals surface area contributed by atoms with Crippen LogP contribution in [0.15, 0.2) is 23.7 Å². The Kier molecular flexibility index (Phi) is 4.14. The Morgan fingerprint density at radius 2 is 2.04 bits per heavy atom. The molecule has 1 amide bonds. The van der Waals surface area contributed by atoms with E-state index in [9.17, 15) is 9.90 Å². The second kappa shape index (κ2) is 6.43. The number of halogens is 1. The van der Waals surface area contributed by atoms with Gasteiger partial charge in [-0.25, -0.2) is 9.97 Å². The standard InChI is InChI=1S/C19H21ClN4O2S/c20-13-1-2-15(21-8-13)23-18-22-14(9-27-18)17(25)24-16-11-3-10-4-12(16)7-19(26,5-10)6-11/h1-2,8-12,16,26H,3-7H2,(H,24,25)(H,21,22,23). The lowest BCUT2D eigenvalue weighted by molar-refractivity contribution is -0.136. The zero-order valence-electron chi connectivity index (χ0n) is 14.7. The van der Waals surface area contributed by atoms with Gasteiger partial charge in [0.05, 0.1) is 10.6 Å². The highest BCUT2D eigenvalue weighted by Crippen LogP contribution is 2.55. The number of nitrogens with zero attached hydrogens (tertiary/aromatic N) is 2. The molecule has 4 aliphatic carbocycles. The third kappa shape index (κ3) is 3.32. The van der Waals surface area contributed by atoms with Crippen LogP contribution >= 0.6 is 22.9 Å². The van der Waals surface area contributed by atoms with E-state index < -0.39 is 5.60 Å². The van der Waals surface area contributed by atoms with E-state index in [-0.39, 0.29) is 11.9 Å². The van der Waals surface area contributed by atoms with Crippen molar-refractivity contribution in [2.45, 2.75) is 43.7 Å². The van der Waals surface area contributed by atoms with Crippen LogP contribution in [0.2, 0.25) is 5.02 Å². The molecule has 6 rings (SSSR count). The first-order chi connectivity index (χ1) is 13.0. The van der Waals surface area contributed by atoms with Crippen molar-refractivity contribution in [3.05, 3.63) is 34.4 Å². The van der Waals surface area contributed by atoms with E-state index in [1.165, 1.54) is 11.3 Å². The van der Waals surface area contributed by atoms with E-state index in [1.54, 1.807) is 23.7 Å². The Bertz CT molecular complexity index is 855. The van der Waals surface area contributed by atoms with Crippen LogP contribution in [-0.2, 0) is 0 Å². The summed E-state index contributed by atoms with van der Waals surface area (Å²) in [7, 11) is 0. The molecule has 2 unspecified atom stereocenters. The Morgan fingerprint density at radius 3 is 2.70 bits per heavy atom. The summed E-state index contributed by atoms with van der Waals surface area (Å²) in [5.41, 5.74) is -0.0647. The second-order valence-corrected chi connectivity index (χ2v) is 9.51. The van der Waals surface area contributed by atoms with Crippen molar-refractivity contribution in [3.63, 3.8) is 0 Å². The van der Waals surface area contributed by atoms with Gasteiger partial charge in [-0.2, -0.15) is 0 Å². The van der Waals surface area contributed by atoms with Gasteiger partial charge in [-0.3, -0.25) is 4.79 Å². The first-order valence-electron chi connectivity index (χ1n) is 9.35. The number of hydrogen-bond acceptors (Lipinski definition) is 6. The van der Waals surface area contributed by atoms with Gasteiger partial charge in [0.25, 0.3) is 5.91 Å². The molecule has 8 heteroatoms. The number of carbonyl (C=O) groups is 1. The van der Waals surface area contributed by atoms with Crippen LogP contribution in [0.3, 0.4) is 0 Å². The predicted molar refractivity (Wildman–Crippen MR) is 104 cm³/mol. The topological polar surface area (TPSA) is 87.1 Å². The van der Waals surface area contributed by atoms with Gasteiger partial charge < -0.3 is 15.7 Å². The Balaban J connectivity index is 1.26. The average molecular weight is 405 g/mol. The van der Waals surface area contributed by atoms with E-state index in [0.29, 0.717) is 39.4 Å². The van der Waals surface area contributed by atoms with Crippen molar-refractivity contribution in [2.24, 2.45) is 17.8 Å². The van der Waals surface area contributed by atoms with Crippen LogP contribution in [0.1, 0.15) is 42.6 Å². The fraction of sp³-hybridized carbons (Fsp3) is 0.526. The lowest BCUT2D eigenvalue weighted by Crippen LogP contribution is -2.61. The molecule has 2 atom stereocenters. The summed E-state index contributed by atoms with van der Waals surface area (Å²) < 4.78 is 0. The minimum absolute atomic E-state index is 0.132. The van der Waals surface area contributed by atoms with Crippen LogP contribution in [0.25, 0.3) is 0 Å². The molecule has 2 aromatic heterocycles. The van der Waals surface area contributed by atoms with Crippen molar-refractivity contribution in [1.82, 2.24) is 15.3 Å². The molecule has 0 saturated heterocycles. The van der Waals surface area contributed by atoms with E-state index in [1.807, 2.05) is 0 Å². The molecular weight excluding hydrogens is 384 g/mol. The number of thiazole rings is 1. The van der Waals surface area contributed by atoms with Crippen LogP contribution < -0.4 is 10.6 Å². The van der Waals surface area contributed by atoms with Gasteiger partial charge in [0, 0.05) is 17.6 Å². The Morgan fingerprint density at radius 1 is 1.26 bits per heavy atom. The number of aliphatic hydroxyl groups is 1. The molecule has 4 saturated carbocycles. The van der Waals surface area contributed by atoms with Crippen LogP contribution in [-0.4, -0.2) is 32.6 Å². The van der Waals surface area contributed by atoms with Gasteiger partial charge in [-0.1, -0.05) is 11.6 Å². The summed E-state index contributed by atoms with van der Waals surface area (Å²) in [4.78, 5) is 21.3.